The fraction of sp³-hybridized carbons (Fsp3) is 0.269. The van der Waals surface area contributed by atoms with E-state index in [1.54, 1.807) is 37.7 Å². The number of hydrogen-bond donors (Lipinski definition) is 1. The van der Waals surface area contributed by atoms with Gasteiger partial charge < -0.3 is 19.2 Å². The van der Waals surface area contributed by atoms with Gasteiger partial charge in [-0.1, -0.05) is 35.4 Å². The Bertz CT molecular complexity index is 1260. The molecule has 33 heavy (non-hydrogen) atoms. The van der Waals surface area contributed by atoms with Gasteiger partial charge in [-0.3, -0.25) is 0 Å². The van der Waals surface area contributed by atoms with E-state index in [0.29, 0.717) is 28.6 Å². The van der Waals surface area contributed by atoms with Crippen LogP contribution in [-0.4, -0.2) is 30.3 Å². The number of aryl methyl sites for hydroxylation is 2. The zero-order valence-corrected chi connectivity index (χ0v) is 19.7. The highest BCUT2D eigenvalue weighted by molar-refractivity contribution is 6.31. The molecule has 5 nitrogen and oxygen atoms in total. The first-order valence-electron chi connectivity index (χ1n) is 10.6. The fourth-order valence-electron chi connectivity index (χ4n) is 4.00. The monoisotopic (exact) mass is 468 g/mol. The Morgan fingerprint density at radius 3 is 2.73 bits per heavy atom. The number of H-pyrrole nitrogens is 1. The fourth-order valence-corrected chi connectivity index (χ4v) is 4.16. The summed E-state index contributed by atoms with van der Waals surface area (Å²) in [4.78, 5) is 7.38. The lowest BCUT2D eigenvalue weighted by atomic mass is 9.99. The largest absolute Gasteiger partial charge is 0.490 e. The zero-order chi connectivity index (χ0) is 23.5. The van der Waals surface area contributed by atoms with Crippen molar-refractivity contribution in [2.75, 3.05) is 14.2 Å². The number of benzene rings is 1. The lowest BCUT2D eigenvalue weighted by Gasteiger charge is -2.21. The van der Waals surface area contributed by atoms with Gasteiger partial charge in [-0.05, 0) is 49.3 Å². The van der Waals surface area contributed by atoms with Gasteiger partial charge in [0, 0.05) is 43.1 Å². The molecule has 0 saturated carbocycles. The molecule has 1 aliphatic carbocycles. The van der Waals surface area contributed by atoms with Gasteiger partial charge in [0.25, 0.3) is 0 Å². The molecule has 172 valence electrons. The Kier molecular flexibility index (Phi) is 6.98. The molecule has 2 atom stereocenters. The smallest absolute Gasteiger partial charge is 0.137 e. The average Bonchev–Trinajstić information content (AvgIpc) is 3.13. The van der Waals surface area contributed by atoms with Crippen molar-refractivity contribution in [2.45, 2.75) is 32.7 Å². The third-order valence-electron chi connectivity index (χ3n) is 5.76. The van der Waals surface area contributed by atoms with E-state index in [0.717, 1.165) is 22.1 Å². The van der Waals surface area contributed by atoms with Crippen molar-refractivity contribution < 1.29 is 18.6 Å². The van der Waals surface area contributed by atoms with E-state index in [-0.39, 0.29) is 0 Å². The molecule has 1 aliphatic rings. The van der Waals surface area contributed by atoms with E-state index in [2.05, 4.69) is 23.0 Å². The van der Waals surface area contributed by atoms with Crippen molar-refractivity contribution in [3.8, 4) is 0 Å². The maximum Gasteiger partial charge on any atom is 0.137 e. The Morgan fingerprint density at radius 1 is 1.18 bits per heavy atom. The second-order valence-corrected chi connectivity index (χ2v) is 8.43. The van der Waals surface area contributed by atoms with Crippen LogP contribution in [0.15, 0.2) is 72.0 Å². The number of allylic oxidation sites excluding steroid dienone is 2. The summed E-state index contributed by atoms with van der Waals surface area (Å²) in [5.74, 6) is 0.0828. The number of nitrogens with zero attached hydrogens (tertiary/aromatic N) is 1. The number of aromatic nitrogens is 2. The molecule has 1 N–H and O–H groups in total. The number of nitrogens with one attached hydrogen (secondary N) is 1. The normalized spacial score (nSPS) is 17.3. The Balaban J connectivity index is 1.64. The highest BCUT2D eigenvalue weighted by Gasteiger charge is 2.27. The molecule has 2 aromatic heterocycles. The number of fused-ring (bicyclic) bond motifs is 1. The standard InChI is InChI=1S/C26H26ClFN2O3/c1-15-5-6-17(16(2)9-15)14-33-23-8-7-22(28)20(11-24(23)31-3)25(32-4)21-13-30-26-19(21)10-18(27)12-29-26/h5-13,24-25H,14H2,1-4H3,(H,29,30). The average molecular weight is 469 g/mol. The van der Waals surface area contributed by atoms with E-state index in [1.807, 2.05) is 19.1 Å². The van der Waals surface area contributed by atoms with Gasteiger partial charge in [-0.25, -0.2) is 9.37 Å². The second-order valence-electron chi connectivity index (χ2n) is 7.99. The molecule has 0 saturated heterocycles. The number of methoxy groups -OCH3 is 2. The van der Waals surface area contributed by atoms with Crippen molar-refractivity contribution in [1.82, 2.24) is 9.97 Å². The molecule has 0 radical (unpaired) electrons. The van der Waals surface area contributed by atoms with E-state index in [4.69, 9.17) is 25.8 Å². The molecule has 0 fully saturated rings. The molecule has 0 aliphatic heterocycles. The first kappa shape index (κ1) is 23.2. The van der Waals surface area contributed by atoms with E-state index in [1.165, 1.54) is 18.7 Å². The van der Waals surface area contributed by atoms with Crippen LogP contribution >= 0.6 is 11.6 Å². The summed E-state index contributed by atoms with van der Waals surface area (Å²) in [6.07, 6.45) is 6.72. The van der Waals surface area contributed by atoms with Crippen LogP contribution in [0.2, 0.25) is 5.02 Å². The Morgan fingerprint density at radius 2 is 2.00 bits per heavy atom. The molecule has 1 aromatic carbocycles. The Hall–Kier alpha value is -2.93. The molecular weight excluding hydrogens is 443 g/mol. The van der Waals surface area contributed by atoms with Gasteiger partial charge in [0.2, 0.25) is 0 Å². The maximum atomic E-state index is 15.3. The molecule has 0 amide bonds. The summed E-state index contributed by atoms with van der Waals surface area (Å²) in [6.45, 7) is 4.46. The van der Waals surface area contributed by atoms with E-state index >= 15 is 4.39 Å². The summed E-state index contributed by atoms with van der Waals surface area (Å²) < 4.78 is 32.7. The third-order valence-corrected chi connectivity index (χ3v) is 5.96. The number of aromatic amines is 1. The van der Waals surface area contributed by atoms with Crippen LogP contribution in [0.5, 0.6) is 0 Å². The van der Waals surface area contributed by atoms with Crippen LogP contribution in [0.25, 0.3) is 11.0 Å². The molecule has 4 rings (SSSR count). The summed E-state index contributed by atoms with van der Waals surface area (Å²) in [7, 11) is 3.10. The lowest BCUT2D eigenvalue weighted by Crippen LogP contribution is -2.16. The molecule has 2 heterocycles. The van der Waals surface area contributed by atoms with Crippen LogP contribution in [0.4, 0.5) is 4.39 Å². The van der Waals surface area contributed by atoms with Gasteiger partial charge in [-0.2, -0.15) is 0 Å². The predicted molar refractivity (Wildman–Crippen MR) is 128 cm³/mol. The number of ether oxygens (including phenoxy) is 3. The van der Waals surface area contributed by atoms with E-state index < -0.39 is 18.0 Å². The number of halogens is 2. The summed E-state index contributed by atoms with van der Waals surface area (Å²) in [5.41, 5.74) is 5.11. The summed E-state index contributed by atoms with van der Waals surface area (Å²) in [6, 6.07) is 7.98. The minimum Gasteiger partial charge on any atom is -0.490 e. The predicted octanol–water partition coefficient (Wildman–Crippen LogP) is 6.43. The quantitative estimate of drug-likeness (QED) is 0.434. The molecule has 7 heteroatoms. The second kappa shape index (κ2) is 9.91. The number of rotatable bonds is 7. The van der Waals surface area contributed by atoms with Crippen LogP contribution in [0.1, 0.15) is 28.4 Å². The third kappa shape index (κ3) is 4.88. The number of pyridine rings is 1. The molecular formula is C26H26ClFN2O3. The van der Waals surface area contributed by atoms with Crippen LogP contribution in [0, 0.1) is 13.8 Å². The van der Waals surface area contributed by atoms with Crippen molar-refractivity contribution in [1.29, 1.82) is 0 Å². The van der Waals surface area contributed by atoms with Gasteiger partial charge in [0.15, 0.2) is 0 Å². The van der Waals surface area contributed by atoms with Gasteiger partial charge in [-0.15, -0.1) is 0 Å². The van der Waals surface area contributed by atoms with E-state index in [9.17, 15) is 0 Å². The van der Waals surface area contributed by atoms with Gasteiger partial charge in [0.05, 0.1) is 5.02 Å². The zero-order valence-electron chi connectivity index (χ0n) is 19.0. The first-order valence-corrected chi connectivity index (χ1v) is 11.0. The minimum absolute atomic E-state index is 0.339. The Labute approximate surface area is 197 Å². The van der Waals surface area contributed by atoms with Crippen LogP contribution in [-0.2, 0) is 20.8 Å². The highest BCUT2D eigenvalue weighted by Crippen LogP contribution is 2.37. The van der Waals surface area contributed by atoms with Crippen molar-refractivity contribution in [2.24, 2.45) is 0 Å². The van der Waals surface area contributed by atoms with Crippen LogP contribution < -0.4 is 0 Å². The molecule has 3 aromatic rings. The van der Waals surface area contributed by atoms with Crippen LogP contribution in [0.3, 0.4) is 0 Å². The van der Waals surface area contributed by atoms with Gasteiger partial charge in [0.1, 0.15) is 36.0 Å². The SMILES string of the molecule is COC1C=C(C(OC)c2c[nH]c3ncc(Cl)cc23)C(F)=CC=C1OCc1ccc(C)cc1C. The van der Waals surface area contributed by atoms with Crippen molar-refractivity contribution in [3.63, 3.8) is 0 Å². The molecule has 0 bridgehead atoms. The molecule has 2 unspecified atom stereocenters. The minimum atomic E-state index is -0.694. The maximum absolute atomic E-state index is 15.3. The summed E-state index contributed by atoms with van der Waals surface area (Å²) in [5, 5.41) is 1.25. The lowest BCUT2D eigenvalue weighted by molar-refractivity contribution is 0.0816. The molecule has 0 spiro atoms. The number of hydrogen-bond acceptors (Lipinski definition) is 4. The highest BCUT2D eigenvalue weighted by atomic mass is 35.5. The van der Waals surface area contributed by atoms with Gasteiger partial charge >= 0.3 is 0 Å². The van der Waals surface area contributed by atoms with Crippen molar-refractivity contribution >= 4 is 22.6 Å². The topological polar surface area (TPSA) is 56.4 Å². The summed E-state index contributed by atoms with van der Waals surface area (Å²) >= 11 is 6.14. The first-order chi connectivity index (χ1) is 15.9. The van der Waals surface area contributed by atoms with Crippen molar-refractivity contribution in [3.05, 3.63) is 99.3 Å².